The van der Waals surface area contributed by atoms with E-state index in [0.29, 0.717) is 11.5 Å². The molecule has 0 spiro atoms. The highest BCUT2D eigenvalue weighted by Gasteiger charge is 1.97. The minimum absolute atomic E-state index is 0.156. The van der Waals surface area contributed by atoms with Gasteiger partial charge in [-0.25, -0.2) is 4.98 Å². The Bertz CT molecular complexity index is 350. The predicted octanol–water partition coefficient (Wildman–Crippen LogP) is 1.57. The molecule has 0 saturated heterocycles. The second-order valence-corrected chi connectivity index (χ2v) is 3.18. The molecule has 0 aliphatic carbocycles. The normalized spacial score (nSPS) is 9.29. The summed E-state index contributed by atoms with van der Waals surface area (Å²) >= 11 is 0. The van der Waals surface area contributed by atoms with Crippen molar-refractivity contribution in [3.8, 4) is 0 Å². The molecule has 4 heteroatoms. The minimum atomic E-state index is -0.156. The smallest absolute Gasteiger partial charge is 0.248 e. The molecule has 0 unspecified atom stereocenters. The third kappa shape index (κ3) is 3.26. The fourth-order valence-electron chi connectivity index (χ4n) is 0.920. The maximum absolute atomic E-state index is 11.3. The number of aromatic nitrogens is 1. The molecule has 0 bridgehead atoms. The molecule has 0 atom stereocenters. The van der Waals surface area contributed by atoms with Gasteiger partial charge in [0, 0.05) is 6.08 Å². The van der Waals surface area contributed by atoms with Crippen molar-refractivity contribution >= 4 is 17.4 Å². The average Bonchev–Trinajstić information content (AvgIpc) is 2.07. The van der Waals surface area contributed by atoms with E-state index in [-0.39, 0.29) is 5.91 Å². The van der Waals surface area contributed by atoms with Crippen LogP contribution in [-0.4, -0.2) is 10.9 Å². The maximum Gasteiger partial charge on any atom is 0.248 e. The fraction of sp³-hybridized carbons (Fsp3) is 0.200. The summed E-state index contributed by atoms with van der Waals surface area (Å²) in [4.78, 5) is 15.1. The van der Waals surface area contributed by atoms with Crippen molar-refractivity contribution in [3.63, 3.8) is 0 Å². The van der Waals surface area contributed by atoms with Crippen molar-refractivity contribution < 1.29 is 4.79 Å². The predicted molar refractivity (Wildman–Crippen MR) is 56.7 cm³/mol. The number of nitrogens with two attached hydrogens (primary N) is 1. The molecule has 1 heterocycles. The lowest BCUT2D eigenvalue weighted by Crippen LogP contribution is -2.08. The van der Waals surface area contributed by atoms with Gasteiger partial charge in [0.25, 0.3) is 0 Å². The van der Waals surface area contributed by atoms with Gasteiger partial charge in [0.1, 0.15) is 5.82 Å². The highest BCUT2D eigenvalue weighted by Crippen LogP contribution is 2.06. The van der Waals surface area contributed by atoms with Gasteiger partial charge in [0.05, 0.1) is 11.9 Å². The Morgan fingerprint density at radius 3 is 2.71 bits per heavy atom. The molecule has 1 aromatic heterocycles. The van der Waals surface area contributed by atoms with Gasteiger partial charge in [-0.15, -0.1) is 0 Å². The van der Waals surface area contributed by atoms with E-state index in [2.05, 4.69) is 10.3 Å². The second-order valence-electron chi connectivity index (χ2n) is 3.18. The SMILES string of the molecule is CC(C)=CC(=O)Nc1ccc(N)nc1. The number of amides is 1. The Labute approximate surface area is 82.8 Å². The third-order valence-corrected chi connectivity index (χ3v) is 1.47. The Morgan fingerprint density at radius 2 is 2.21 bits per heavy atom. The minimum Gasteiger partial charge on any atom is -0.384 e. The highest BCUT2D eigenvalue weighted by atomic mass is 16.1. The Kier molecular flexibility index (Phi) is 3.23. The van der Waals surface area contributed by atoms with E-state index >= 15 is 0 Å². The van der Waals surface area contributed by atoms with Crippen LogP contribution in [0.5, 0.6) is 0 Å². The zero-order chi connectivity index (χ0) is 10.6. The molecular weight excluding hydrogens is 178 g/mol. The van der Waals surface area contributed by atoms with Crippen molar-refractivity contribution in [2.75, 3.05) is 11.1 Å². The Morgan fingerprint density at radius 1 is 1.50 bits per heavy atom. The zero-order valence-electron chi connectivity index (χ0n) is 8.24. The van der Waals surface area contributed by atoms with Crippen LogP contribution in [0.4, 0.5) is 11.5 Å². The highest BCUT2D eigenvalue weighted by molar-refractivity contribution is 5.99. The van der Waals surface area contributed by atoms with Crippen LogP contribution in [0.15, 0.2) is 30.0 Å². The Balaban J connectivity index is 2.66. The van der Waals surface area contributed by atoms with Crippen LogP contribution in [0.2, 0.25) is 0 Å². The van der Waals surface area contributed by atoms with Gasteiger partial charge in [-0.1, -0.05) is 5.57 Å². The molecule has 3 N–H and O–H groups in total. The number of hydrogen-bond donors (Lipinski definition) is 2. The van der Waals surface area contributed by atoms with Crippen LogP contribution in [0.25, 0.3) is 0 Å². The van der Waals surface area contributed by atoms with Gasteiger partial charge in [-0.3, -0.25) is 4.79 Å². The summed E-state index contributed by atoms with van der Waals surface area (Å²) in [6, 6.07) is 3.34. The van der Waals surface area contributed by atoms with Crippen molar-refractivity contribution in [2.24, 2.45) is 0 Å². The zero-order valence-corrected chi connectivity index (χ0v) is 8.24. The van der Waals surface area contributed by atoms with Crippen molar-refractivity contribution in [3.05, 3.63) is 30.0 Å². The molecule has 1 rings (SSSR count). The van der Waals surface area contributed by atoms with Crippen LogP contribution < -0.4 is 11.1 Å². The van der Waals surface area contributed by atoms with Gasteiger partial charge in [-0.2, -0.15) is 0 Å². The van der Waals surface area contributed by atoms with E-state index < -0.39 is 0 Å². The molecule has 4 nitrogen and oxygen atoms in total. The molecule has 1 aromatic rings. The number of nitrogens with one attached hydrogen (secondary N) is 1. The van der Waals surface area contributed by atoms with Crippen LogP contribution in [0, 0.1) is 0 Å². The number of carbonyl (C=O) groups is 1. The number of anilines is 2. The number of nitrogens with zero attached hydrogens (tertiary/aromatic N) is 1. The maximum atomic E-state index is 11.3. The summed E-state index contributed by atoms with van der Waals surface area (Å²) in [5.41, 5.74) is 6.99. The van der Waals surface area contributed by atoms with Crippen LogP contribution >= 0.6 is 0 Å². The summed E-state index contributed by atoms with van der Waals surface area (Å²) in [6.07, 6.45) is 3.04. The summed E-state index contributed by atoms with van der Waals surface area (Å²) in [5, 5.41) is 2.67. The summed E-state index contributed by atoms with van der Waals surface area (Å²) < 4.78 is 0. The lowest BCUT2D eigenvalue weighted by atomic mass is 10.3. The summed E-state index contributed by atoms with van der Waals surface area (Å²) in [6.45, 7) is 3.72. The first-order valence-corrected chi connectivity index (χ1v) is 4.25. The van der Waals surface area contributed by atoms with Gasteiger partial charge in [0.2, 0.25) is 5.91 Å². The van der Waals surface area contributed by atoms with Crippen molar-refractivity contribution in [1.82, 2.24) is 4.98 Å². The molecule has 0 fully saturated rings. The fourth-order valence-corrected chi connectivity index (χ4v) is 0.920. The van der Waals surface area contributed by atoms with Crippen molar-refractivity contribution in [2.45, 2.75) is 13.8 Å². The number of nitrogen functional groups attached to an aromatic ring is 1. The lowest BCUT2D eigenvalue weighted by Gasteiger charge is -2.01. The molecule has 0 saturated carbocycles. The van der Waals surface area contributed by atoms with Crippen LogP contribution in [0.3, 0.4) is 0 Å². The Hall–Kier alpha value is -1.84. The van der Waals surface area contributed by atoms with E-state index in [9.17, 15) is 4.79 Å². The third-order valence-electron chi connectivity index (χ3n) is 1.47. The standard InChI is InChI=1S/C10H13N3O/c1-7(2)5-10(14)13-8-3-4-9(11)12-6-8/h3-6H,1-2H3,(H2,11,12)(H,13,14). The summed E-state index contributed by atoms with van der Waals surface area (Å²) in [5.74, 6) is 0.279. The number of carbonyl (C=O) groups excluding carboxylic acids is 1. The largest absolute Gasteiger partial charge is 0.384 e. The van der Waals surface area contributed by atoms with Gasteiger partial charge in [0.15, 0.2) is 0 Å². The quantitative estimate of drug-likeness (QED) is 0.697. The molecular formula is C10H13N3O. The monoisotopic (exact) mass is 191 g/mol. The van der Waals surface area contributed by atoms with Gasteiger partial charge >= 0.3 is 0 Å². The van der Waals surface area contributed by atoms with Crippen molar-refractivity contribution in [1.29, 1.82) is 0 Å². The van der Waals surface area contributed by atoms with Crippen LogP contribution in [0.1, 0.15) is 13.8 Å². The van der Waals surface area contributed by atoms with E-state index in [1.165, 1.54) is 12.3 Å². The van der Waals surface area contributed by atoms with E-state index in [1.807, 2.05) is 13.8 Å². The van der Waals surface area contributed by atoms with E-state index in [4.69, 9.17) is 5.73 Å². The van der Waals surface area contributed by atoms with Gasteiger partial charge < -0.3 is 11.1 Å². The molecule has 1 amide bonds. The molecule has 0 aromatic carbocycles. The first kappa shape index (κ1) is 10.2. The molecule has 0 aliphatic rings. The summed E-state index contributed by atoms with van der Waals surface area (Å²) in [7, 11) is 0. The van der Waals surface area contributed by atoms with Gasteiger partial charge in [-0.05, 0) is 26.0 Å². The number of hydrogen-bond acceptors (Lipinski definition) is 3. The van der Waals surface area contributed by atoms with E-state index in [1.54, 1.807) is 12.1 Å². The topological polar surface area (TPSA) is 68.0 Å². The van der Waals surface area contributed by atoms with Crippen LogP contribution in [-0.2, 0) is 4.79 Å². The number of allylic oxidation sites excluding steroid dienone is 1. The molecule has 0 aliphatic heterocycles. The first-order chi connectivity index (χ1) is 6.58. The number of rotatable bonds is 2. The average molecular weight is 191 g/mol. The van der Waals surface area contributed by atoms with E-state index in [0.717, 1.165) is 5.57 Å². The molecule has 0 radical (unpaired) electrons. The molecule has 14 heavy (non-hydrogen) atoms. The lowest BCUT2D eigenvalue weighted by molar-refractivity contribution is -0.111. The first-order valence-electron chi connectivity index (χ1n) is 4.25. The molecule has 74 valence electrons. The number of pyridine rings is 1. The second kappa shape index (κ2) is 4.41.